The lowest BCUT2D eigenvalue weighted by Crippen LogP contribution is -2.41. The molecule has 136 valence electrons. The normalized spacial score (nSPS) is 10.8. The second-order valence-corrected chi connectivity index (χ2v) is 4.90. The second-order valence-electron chi connectivity index (χ2n) is 4.90. The van der Waals surface area contributed by atoms with Crippen LogP contribution >= 0.6 is 24.0 Å². The van der Waals surface area contributed by atoms with E-state index in [4.69, 9.17) is 4.74 Å². The molecule has 1 amide bonds. The predicted octanol–water partition coefficient (Wildman–Crippen LogP) is 1.68. The van der Waals surface area contributed by atoms with Gasteiger partial charge in [-0.15, -0.1) is 24.0 Å². The summed E-state index contributed by atoms with van der Waals surface area (Å²) in [6, 6.07) is 4.44. The SMILES string of the molecule is CCNC(=NCCOC)NCCNC(=O)c1ccc(C)c(F)c1.I. The van der Waals surface area contributed by atoms with Crippen LogP contribution in [0.4, 0.5) is 4.39 Å². The summed E-state index contributed by atoms with van der Waals surface area (Å²) in [6.45, 7) is 6.40. The van der Waals surface area contributed by atoms with Gasteiger partial charge in [0, 0.05) is 32.3 Å². The van der Waals surface area contributed by atoms with Crippen LogP contribution in [-0.2, 0) is 4.74 Å². The van der Waals surface area contributed by atoms with Crippen LogP contribution in [0, 0.1) is 12.7 Å². The van der Waals surface area contributed by atoms with Crippen molar-refractivity contribution in [1.82, 2.24) is 16.0 Å². The summed E-state index contributed by atoms with van der Waals surface area (Å²) >= 11 is 0. The van der Waals surface area contributed by atoms with Gasteiger partial charge in [0.15, 0.2) is 5.96 Å². The summed E-state index contributed by atoms with van der Waals surface area (Å²) in [7, 11) is 1.62. The van der Waals surface area contributed by atoms with Gasteiger partial charge in [-0.2, -0.15) is 0 Å². The highest BCUT2D eigenvalue weighted by Gasteiger charge is 2.07. The molecule has 0 bridgehead atoms. The van der Waals surface area contributed by atoms with Crippen LogP contribution in [0.3, 0.4) is 0 Å². The van der Waals surface area contributed by atoms with E-state index >= 15 is 0 Å². The third kappa shape index (κ3) is 8.44. The highest BCUT2D eigenvalue weighted by molar-refractivity contribution is 14.0. The van der Waals surface area contributed by atoms with Gasteiger partial charge in [-0.05, 0) is 31.5 Å². The molecule has 8 heteroatoms. The Hall–Kier alpha value is -1.42. The summed E-state index contributed by atoms with van der Waals surface area (Å²) in [5.41, 5.74) is 0.833. The lowest BCUT2D eigenvalue weighted by Gasteiger charge is -2.12. The van der Waals surface area contributed by atoms with E-state index in [-0.39, 0.29) is 35.7 Å². The first-order chi connectivity index (χ1) is 11.1. The fourth-order valence-electron chi connectivity index (χ4n) is 1.78. The molecule has 0 fully saturated rings. The van der Waals surface area contributed by atoms with Crippen molar-refractivity contribution >= 4 is 35.8 Å². The number of benzene rings is 1. The highest BCUT2D eigenvalue weighted by atomic mass is 127. The first-order valence-corrected chi connectivity index (χ1v) is 7.64. The maximum Gasteiger partial charge on any atom is 0.251 e. The number of halogens is 2. The third-order valence-electron chi connectivity index (χ3n) is 3.05. The fraction of sp³-hybridized carbons (Fsp3) is 0.500. The van der Waals surface area contributed by atoms with Crippen LogP contribution in [0.15, 0.2) is 23.2 Å². The number of guanidine groups is 1. The molecule has 1 rings (SSSR count). The average molecular weight is 452 g/mol. The first kappa shape index (κ1) is 22.6. The molecule has 0 aliphatic carbocycles. The van der Waals surface area contributed by atoms with Crippen molar-refractivity contribution in [2.45, 2.75) is 13.8 Å². The molecular formula is C16H26FIN4O2. The molecule has 0 atom stereocenters. The minimum Gasteiger partial charge on any atom is -0.383 e. The topological polar surface area (TPSA) is 74.8 Å². The Bertz CT molecular complexity index is 541. The van der Waals surface area contributed by atoms with Gasteiger partial charge < -0.3 is 20.7 Å². The number of hydrogen-bond donors (Lipinski definition) is 3. The molecule has 0 aliphatic heterocycles. The van der Waals surface area contributed by atoms with E-state index < -0.39 is 0 Å². The van der Waals surface area contributed by atoms with E-state index in [0.717, 1.165) is 6.54 Å². The second kappa shape index (κ2) is 12.9. The number of aliphatic imine (C=N–C) groups is 1. The van der Waals surface area contributed by atoms with Crippen molar-refractivity contribution in [1.29, 1.82) is 0 Å². The molecule has 24 heavy (non-hydrogen) atoms. The molecule has 1 aromatic carbocycles. The standard InChI is InChI=1S/C16H25FN4O2.HI/c1-4-18-16(21-9-10-23-3)20-8-7-19-15(22)13-6-5-12(2)14(17)11-13;/h5-6,11H,4,7-10H2,1-3H3,(H,19,22)(H2,18,20,21);1H. The zero-order valence-electron chi connectivity index (χ0n) is 14.3. The van der Waals surface area contributed by atoms with Crippen molar-refractivity contribution in [3.63, 3.8) is 0 Å². The number of methoxy groups -OCH3 is 1. The van der Waals surface area contributed by atoms with Crippen molar-refractivity contribution in [3.8, 4) is 0 Å². The van der Waals surface area contributed by atoms with Gasteiger partial charge in [-0.25, -0.2) is 4.39 Å². The Labute approximate surface area is 159 Å². The van der Waals surface area contributed by atoms with Gasteiger partial charge in [-0.3, -0.25) is 9.79 Å². The molecule has 0 aliphatic rings. The third-order valence-corrected chi connectivity index (χ3v) is 3.05. The number of hydrogen-bond acceptors (Lipinski definition) is 3. The molecular weight excluding hydrogens is 426 g/mol. The van der Waals surface area contributed by atoms with Gasteiger partial charge >= 0.3 is 0 Å². The first-order valence-electron chi connectivity index (χ1n) is 7.64. The van der Waals surface area contributed by atoms with Gasteiger partial charge in [0.1, 0.15) is 5.82 Å². The van der Waals surface area contributed by atoms with Crippen molar-refractivity contribution < 1.29 is 13.9 Å². The summed E-state index contributed by atoms with van der Waals surface area (Å²) in [6.07, 6.45) is 0. The summed E-state index contributed by atoms with van der Waals surface area (Å²) in [5, 5.41) is 8.93. The fourth-order valence-corrected chi connectivity index (χ4v) is 1.78. The van der Waals surface area contributed by atoms with Crippen LogP contribution in [0.1, 0.15) is 22.8 Å². The largest absolute Gasteiger partial charge is 0.383 e. The molecule has 3 N–H and O–H groups in total. The quantitative estimate of drug-likeness (QED) is 0.243. The molecule has 0 saturated heterocycles. The van der Waals surface area contributed by atoms with Crippen LogP contribution < -0.4 is 16.0 Å². The minimum atomic E-state index is -0.379. The van der Waals surface area contributed by atoms with E-state index in [1.165, 1.54) is 6.07 Å². The maximum absolute atomic E-state index is 13.4. The summed E-state index contributed by atoms with van der Waals surface area (Å²) in [5.74, 6) is -0.0114. The van der Waals surface area contributed by atoms with Crippen LogP contribution in [0.2, 0.25) is 0 Å². The Morgan fingerprint density at radius 1 is 1.25 bits per heavy atom. The van der Waals surface area contributed by atoms with E-state index in [1.54, 1.807) is 26.2 Å². The van der Waals surface area contributed by atoms with Gasteiger partial charge in [0.05, 0.1) is 13.2 Å². The van der Waals surface area contributed by atoms with E-state index in [1.807, 2.05) is 6.92 Å². The van der Waals surface area contributed by atoms with Crippen molar-refractivity contribution in [2.24, 2.45) is 4.99 Å². The lowest BCUT2D eigenvalue weighted by atomic mass is 10.1. The zero-order chi connectivity index (χ0) is 17.1. The Morgan fingerprint density at radius 2 is 1.96 bits per heavy atom. The van der Waals surface area contributed by atoms with E-state index in [2.05, 4.69) is 20.9 Å². The minimum absolute atomic E-state index is 0. The maximum atomic E-state index is 13.4. The number of amides is 1. The molecule has 0 saturated carbocycles. The number of carbonyl (C=O) groups is 1. The number of carbonyl (C=O) groups excluding carboxylic acids is 1. The molecule has 6 nitrogen and oxygen atoms in total. The van der Waals surface area contributed by atoms with Gasteiger partial charge in [0.25, 0.3) is 5.91 Å². The van der Waals surface area contributed by atoms with Gasteiger partial charge in [-0.1, -0.05) is 6.07 Å². The van der Waals surface area contributed by atoms with Crippen molar-refractivity contribution in [2.75, 3.05) is 39.9 Å². The summed E-state index contributed by atoms with van der Waals surface area (Å²) < 4.78 is 18.4. The van der Waals surface area contributed by atoms with E-state index in [9.17, 15) is 9.18 Å². The summed E-state index contributed by atoms with van der Waals surface area (Å²) in [4.78, 5) is 16.2. The highest BCUT2D eigenvalue weighted by Crippen LogP contribution is 2.08. The zero-order valence-corrected chi connectivity index (χ0v) is 16.6. The monoisotopic (exact) mass is 452 g/mol. The lowest BCUT2D eigenvalue weighted by molar-refractivity contribution is 0.0954. The van der Waals surface area contributed by atoms with E-state index in [0.29, 0.717) is 43.3 Å². The van der Waals surface area contributed by atoms with Crippen LogP contribution in [-0.4, -0.2) is 51.8 Å². The Morgan fingerprint density at radius 3 is 2.58 bits per heavy atom. The molecule has 0 heterocycles. The molecule has 0 aromatic heterocycles. The van der Waals surface area contributed by atoms with Crippen LogP contribution in [0.5, 0.6) is 0 Å². The van der Waals surface area contributed by atoms with Gasteiger partial charge in [0.2, 0.25) is 0 Å². The number of aryl methyl sites for hydroxylation is 1. The molecule has 0 unspecified atom stereocenters. The molecule has 0 spiro atoms. The average Bonchev–Trinajstić information content (AvgIpc) is 2.54. The smallest absolute Gasteiger partial charge is 0.251 e. The molecule has 0 radical (unpaired) electrons. The molecule has 1 aromatic rings. The number of ether oxygens (including phenoxy) is 1. The Kier molecular flexibility index (Phi) is 12.2. The number of nitrogens with one attached hydrogen (secondary N) is 3. The van der Waals surface area contributed by atoms with Crippen LogP contribution in [0.25, 0.3) is 0 Å². The predicted molar refractivity (Wildman–Crippen MR) is 105 cm³/mol. The number of rotatable bonds is 8. The Balaban J connectivity index is 0.00000529. The number of nitrogens with zero attached hydrogens (tertiary/aromatic N) is 1. The van der Waals surface area contributed by atoms with Crippen molar-refractivity contribution in [3.05, 3.63) is 35.1 Å².